The fraction of sp³-hybridized carbons (Fsp3) is 0.462. The van der Waals surface area contributed by atoms with Gasteiger partial charge in [-0.1, -0.05) is 24.3 Å². The normalized spacial score (nSPS) is 19.8. The number of nitrogen functional groups attached to an aromatic ring is 1. The molecule has 1 aliphatic heterocycles. The zero-order valence-corrected chi connectivity index (χ0v) is 10.1. The van der Waals surface area contributed by atoms with Gasteiger partial charge in [-0.25, -0.2) is 0 Å². The second-order valence-corrected chi connectivity index (χ2v) is 4.54. The van der Waals surface area contributed by atoms with E-state index in [4.69, 9.17) is 15.9 Å². The predicted octanol–water partition coefficient (Wildman–Crippen LogP) is 1.19. The van der Waals surface area contributed by atoms with E-state index in [0.29, 0.717) is 6.04 Å². The zero-order valence-electron chi connectivity index (χ0n) is 10.1. The van der Waals surface area contributed by atoms with Crippen molar-refractivity contribution in [3.05, 3.63) is 35.4 Å². The van der Waals surface area contributed by atoms with Gasteiger partial charge in [-0.3, -0.25) is 10.3 Å². The molecule has 0 saturated carbocycles. The number of hydrogen-bond acceptors (Lipinski definition) is 3. The molecule has 1 aromatic carbocycles. The van der Waals surface area contributed by atoms with Gasteiger partial charge in [0.05, 0.1) is 6.61 Å². The fourth-order valence-electron chi connectivity index (χ4n) is 2.08. The predicted molar refractivity (Wildman–Crippen MR) is 68.1 cm³/mol. The van der Waals surface area contributed by atoms with Crippen molar-refractivity contribution in [2.75, 3.05) is 20.3 Å². The third kappa shape index (κ3) is 3.05. The molecule has 0 amide bonds. The molecule has 1 unspecified atom stereocenters. The van der Waals surface area contributed by atoms with Crippen LogP contribution in [0.25, 0.3) is 0 Å². The molecular weight excluding hydrogens is 214 g/mol. The van der Waals surface area contributed by atoms with E-state index >= 15 is 0 Å². The lowest BCUT2D eigenvalue weighted by molar-refractivity contribution is 0.156. The van der Waals surface area contributed by atoms with Gasteiger partial charge in [0.15, 0.2) is 0 Å². The molecule has 4 nitrogen and oxygen atoms in total. The quantitative estimate of drug-likeness (QED) is 0.606. The van der Waals surface area contributed by atoms with Gasteiger partial charge in [0, 0.05) is 24.8 Å². The average molecular weight is 233 g/mol. The van der Waals surface area contributed by atoms with Crippen molar-refractivity contribution in [2.45, 2.75) is 19.0 Å². The van der Waals surface area contributed by atoms with Crippen LogP contribution in [0.5, 0.6) is 0 Å². The Kier molecular flexibility index (Phi) is 3.76. The molecule has 0 spiro atoms. The molecule has 3 N–H and O–H groups in total. The van der Waals surface area contributed by atoms with Crippen LogP contribution in [0.1, 0.15) is 17.5 Å². The molecule has 0 aromatic heterocycles. The molecule has 17 heavy (non-hydrogen) atoms. The Hall–Kier alpha value is -1.39. The minimum absolute atomic E-state index is 0.120. The summed E-state index contributed by atoms with van der Waals surface area (Å²) in [5, 5.41) is 7.33. The van der Waals surface area contributed by atoms with E-state index in [2.05, 4.69) is 11.9 Å². The number of likely N-dealkylation sites (N-methyl/N-ethyl adjacent to an activating group) is 1. The molecule has 92 valence electrons. The van der Waals surface area contributed by atoms with E-state index in [1.807, 2.05) is 24.3 Å². The SMILES string of the molecule is CN(Cc1ccc(C(=N)N)cc1)C1CCOC1. The summed E-state index contributed by atoms with van der Waals surface area (Å²) >= 11 is 0. The number of amidine groups is 1. The first-order valence-electron chi connectivity index (χ1n) is 5.88. The minimum Gasteiger partial charge on any atom is -0.384 e. The Bertz CT molecular complexity index is 382. The highest BCUT2D eigenvalue weighted by molar-refractivity contribution is 5.94. The summed E-state index contributed by atoms with van der Waals surface area (Å²) < 4.78 is 5.38. The lowest BCUT2D eigenvalue weighted by Crippen LogP contribution is -2.31. The van der Waals surface area contributed by atoms with E-state index in [1.165, 1.54) is 5.56 Å². The van der Waals surface area contributed by atoms with Gasteiger partial charge in [-0.15, -0.1) is 0 Å². The maximum absolute atomic E-state index is 7.33. The smallest absolute Gasteiger partial charge is 0.122 e. The topological polar surface area (TPSA) is 62.3 Å². The molecule has 1 aromatic rings. The molecule has 4 heteroatoms. The van der Waals surface area contributed by atoms with Crippen LogP contribution in [0.4, 0.5) is 0 Å². The number of ether oxygens (including phenoxy) is 1. The van der Waals surface area contributed by atoms with Crippen LogP contribution in [0.2, 0.25) is 0 Å². The first-order valence-corrected chi connectivity index (χ1v) is 5.88. The van der Waals surface area contributed by atoms with Crippen LogP contribution >= 0.6 is 0 Å². The molecule has 0 aliphatic carbocycles. The van der Waals surface area contributed by atoms with Crippen molar-refractivity contribution in [1.29, 1.82) is 5.41 Å². The first-order chi connectivity index (χ1) is 8.16. The Morgan fingerprint density at radius 1 is 1.47 bits per heavy atom. The van der Waals surface area contributed by atoms with Crippen LogP contribution in [0.15, 0.2) is 24.3 Å². The van der Waals surface area contributed by atoms with Gasteiger partial charge in [-0.05, 0) is 19.0 Å². The Labute approximate surface area is 102 Å². The van der Waals surface area contributed by atoms with E-state index in [0.717, 1.165) is 31.7 Å². The van der Waals surface area contributed by atoms with Crippen molar-refractivity contribution in [3.8, 4) is 0 Å². The van der Waals surface area contributed by atoms with Gasteiger partial charge in [-0.2, -0.15) is 0 Å². The van der Waals surface area contributed by atoms with Crippen molar-refractivity contribution in [3.63, 3.8) is 0 Å². The lowest BCUT2D eigenvalue weighted by atomic mass is 10.1. The van der Waals surface area contributed by atoms with E-state index in [1.54, 1.807) is 0 Å². The highest BCUT2D eigenvalue weighted by atomic mass is 16.5. The van der Waals surface area contributed by atoms with Gasteiger partial charge in [0.2, 0.25) is 0 Å². The van der Waals surface area contributed by atoms with Crippen molar-refractivity contribution in [2.24, 2.45) is 5.73 Å². The summed E-state index contributed by atoms with van der Waals surface area (Å²) in [6.07, 6.45) is 1.11. The molecule has 0 bridgehead atoms. The van der Waals surface area contributed by atoms with Crippen LogP contribution < -0.4 is 5.73 Å². The molecule has 2 rings (SSSR count). The van der Waals surface area contributed by atoms with Gasteiger partial charge < -0.3 is 10.5 Å². The second kappa shape index (κ2) is 5.29. The summed E-state index contributed by atoms with van der Waals surface area (Å²) in [4.78, 5) is 2.32. The number of nitrogens with one attached hydrogen (secondary N) is 1. The molecular formula is C13H19N3O. The van der Waals surface area contributed by atoms with E-state index in [-0.39, 0.29) is 5.84 Å². The van der Waals surface area contributed by atoms with Crippen molar-refractivity contribution >= 4 is 5.84 Å². The second-order valence-electron chi connectivity index (χ2n) is 4.54. The van der Waals surface area contributed by atoms with Gasteiger partial charge in [0.25, 0.3) is 0 Å². The van der Waals surface area contributed by atoms with Crippen LogP contribution in [0.3, 0.4) is 0 Å². The van der Waals surface area contributed by atoms with Crippen LogP contribution in [-0.2, 0) is 11.3 Å². The number of nitrogens with two attached hydrogens (primary N) is 1. The van der Waals surface area contributed by atoms with Crippen LogP contribution in [-0.4, -0.2) is 37.0 Å². The highest BCUT2D eigenvalue weighted by Crippen LogP contribution is 2.14. The highest BCUT2D eigenvalue weighted by Gasteiger charge is 2.19. The number of nitrogens with zero attached hydrogens (tertiary/aromatic N) is 1. The third-order valence-corrected chi connectivity index (χ3v) is 3.23. The first kappa shape index (κ1) is 12.1. The molecule has 0 radical (unpaired) electrons. The minimum atomic E-state index is 0.120. The number of benzene rings is 1. The third-order valence-electron chi connectivity index (χ3n) is 3.23. The summed E-state index contributed by atoms with van der Waals surface area (Å²) in [5.41, 5.74) is 7.44. The Morgan fingerprint density at radius 3 is 2.71 bits per heavy atom. The largest absolute Gasteiger partial charge is 0.384 e. The fourth-order valence-corrected chi connectivity index (χ4v) is 2.08. The maximum atomic E-state index is 7.33. The summed E-state index contributed by atoms with van der Waals surface area (Å²) in [6.45, 7) is 2.62. The van der Waals surface area contributed by atoms with Gasteiger partial charge >= 0.3 is 0 Å². The molecule has 1 saturated heterocycles. The molecule has 1 heterocycles. The molecule has 1 aliphatic rings. The number of hydrogen-bond donors (Lipinski definition) is 2. The average Bonchev–Trinajstić information content (AvgIpc) is 2.83. The zero-order chi connectivity index (χ0) is 12.3. The number of rotatable bonds is 4. The van der Waals surface area contributed by atoms with Crippen molar-refractivity contribution < 1.29 is 4.74 Å². The molecule has 1 fully saturated rings. The van der Waals surface area contributed by atoms with E-state index in [9.17, 15) is 0 Å². The van der Waals surface area contributed by atoms with Crippen molar-refractivity contribution in [1.82, 2.24) is 4.90 Å². The molecule has 1 atom stereocenters. The Morgan fingerprint density at radius 2 is 2.18 bits per heavy atom. The summed E-state index contributed by atoms with van der Waals surface area (Å²) in [5.74, 6) is 0.120. The summed E-state index contributed by atoms with van der Waals surface area (Å²) in [6, 6.07) is 8.39. The standard InChI is InChI=1S/C13H19N3O/c1-16(12-6-7-17-9-12)8-10-2-4-11(5-3-10)13(14)15/h2-5,12H,6-9H2,1H3,(H3,14,15). The van der Waals surface area contributed by atoms with Crippen LogP contribution in [0, 0.1) is 5.41 Å². The lowest BCUT2D eigenvalue weighted by Gasteiger charge is -2.22. The summed E-state index contributed by atoms with van der Waals surface area (Å²) in [7, 11) is 2.12. The van der Waals surface area contributed by atoms with Gasteiger partial charge in [0.1, 0.15) is 5.84 Å². The maximum Gasteiger partial charge on any atom is 0.122 e. The monoisotopic (exact) mass is 233 g/mol. The van der Waals surface area contributed by atoms with E-state index < -0.39 is 0 Å². The Balaban J connectivity index is 1.96.